The Labute approximate surface area is 108 Å². The van der Waals surface area contributed by atoms with Crippen molar-refractivity contribution in [2.45, 2.75) is 45.6 Å². The molecule has 1 aromatic rings. The molecule has 0 spiro atoms. The lowest BCUT2D eigenvalue weighted by atomic mass is 9.88. The van der Waals surface area contributed by atoms with Gasteiger partial charge in [-0.2, -0.15) is 5.10 Å². The van der Waals surface area contributed by atoms with Crippen molar-refractivity contribution < 1.29 is 9.53 Å². The van der Waals surface area contributed by atoms with Crippen LogP contribution in [0.25, 0.3) is 0 Å². The summed E-state index contributed by atoms with van der Waals surface area (Å²) in [4.78, 5) is 11.5. The molecule has 0 amide bonds. The molecule has 0 fully saturated rings. The average Bonchev–Trinajstić information content (AvgIpc) is 2.59. The number of nitrogens with two attached hydrogens (primary N) is 1. The molecule has 2 N–H and O–H groups in total. The predicted octanol–water partition coefficient (Wildman–Crippen LogP) is 1.15. The van der Waals surface area contributed by atoms with E-state index < -0.39 is 6.04 Å². The number of hydrogen-bond donors (Lipinski definition) is 1. The zero-order valence-corrected chi connectivity index (χ0v) is 11.9. The number of carbonyl (C=O) groups excluding carboxylic acids is 1. The molecular weight excluding hydrogens is 230 g/mol. The fourth-order valence-corrected chi connectivity index (χ4v) is 1.89. The summed E-state index contributed by atoms with van der Waals surface area (Å²) in [6, 6.07) is -0.629. The Balaban J connectivity index is 2.88. The van der Waals surface area contributed by atoms with Crippen LogP contribution in [0.3, 0.4) is 0 Å². The summed E-state index contributed by atoms with van der Waals surface area (Å²) < 4.78 is 6.67. The van der Waals surface area contributed by atoms with Crippen molar-refractivity contribution in [3.8, 4) is 0 Å². The topological polar surface area (TPSA) is 70.1 Å². The van der Waals surface area contributed by atoms with Crippen LogP contribution in [-0.4, -0.2) is 28.4 Å². The number of ether oxygens (including phenoxy) is 1. The highest BCUT2D eigenvalue weighted by atomic mass is 16.5. The molecule has 5 nitrogen and oxygen atoms in total. The van der Waals surface area contributed by atoms with E-state index in [2.05, 4.69) is 25.9 Å². The molecule has 0 aliphatic heterocycles. The molecule has 0 aliphatic rings. The van der Waals surface area contributed by atoms with E-state index in [1.165, 1.54) is 0 Å². The van der Waals surface area contributed by atoms with Crippen molar-refractivity contribution in [3.05, 3.63) is 17.5 Å². The van der Waals surface area contributed by atoms with Gasteiger partial charge in [-0.25, -0.2) is 0 Å². The fraction of sp³-hybridized carbons (Fsp3) is 0.692. The molecular formula is C13H23N3O2. The summed E-state index contributed by atoms with van der Waals surface area (Å²) in [7, 11) is 1.87. The molecule has 1 aromatic heterocycles. The molecule has 0 aliphatic carbocycles. The first-order valence-electron chi connectivity index (χ1n) is 6.21. The van der Waals surface area contributed by atoms with Gasteiger partial charge in [0.05, 0.1) is 12.3 Å². The maximum Gasteiger partial charge on any atom is 0.323 e. The zero-order valence-electron chi connectivity index (χ0n) is 11.9. The SMILES string of the molecule is CCOC(=O)C(N)Cc1cn(C)nc1C(C)(C)C. The molecule has 18 heavy (non-hydrogen) atoms. The van der Waals surface area contributed by atoms with Gasteiger partial charge < -0.3 is 10.5 Å². The molecule has 1 atom stereocenters. The van der Waals surface area contributed by atoms with E-state index in [1.54, 1.807) is 11.6 Å². The van der Waals surface area contributed by atoms with E-state index in [1.807, 2.05) is 13.2 Å². The van der Waals surface area contributed by atoms with Gasteiger partial charge in [0.15, 0.2) is 0 Å². The number of aromatic nitrogens is 2. The van der Waals surface area contributed by atoms with Gasteiger partial charge in [-0.05, 0) is 12.5 Å². The number of hydrogen-bond acceptors (Lipinski definition) is 4. The highest BCUT2D eigenvalue weighted by Gasteiger charge is 2.25. The van der Waals surface area contributed by atoms with E-state index in [4.69, 9.17) is 10.5 Å². The van der Waals surface area contributed by atoms with Crippen molar-refractivity contribution >= 4 is 5.97 Å². The highest BCUT2D eigenvalue weighted by Crippen LogP contribution is 2.24. The Morgan fingerprint density at radius 3 is 2.67 bits per heavy atom. The normalized spacial score (nSPS) is 13.4. The third kappa shape index (κ3) is 3.57. The molecule has 1 rings (SSSR count). The van der Waals surface area contributed by atoms with Crippen LogP contribution in [0.1, 0.15) is 39.0 Å². The quantitative estimate of drug-likeness (QED) is 0.817. The van der Waals surface area contributed by atoms with E-state index >= 15 is 0 Å². The van der Waals surface area contributed by atoms with Crippen molar-refractivity contribution in [1.29, 1.82) is 0 Å². The van der Waals surface area contributed by atoms with Gasteiger partial charge in [0, 0.05) is 25.1 Å². The molecule has 1 unspecified atom stereocenters. The van der Waals surface area contributed by atoms with Crippen molar-refractivity contribution in [2.75, 3.05) is 6.61 Å². The summed E-state index contributed by atoms with van der Waals surface area (Å²) in [6.07, 6.45) is 2.37. The lowest BCUT2D eigenvalue weighted by Gasteiger charge is -2.18. The van der Waals surface area contributed by atoms with E-state index in [-0.39, 0.29) is 11.4 Å². The average molecular weight is 253 g/mol. The maximum atomic E-state index is 11.5. The Hall–Kier alpha value is -1.36. The van der Waals surface area contributed by atoms with Crippen LogP contribution < -0.4 is 5.73 Å². The third-order valence-electron chi connectivity index (χ3n) is 2.64. The van der Waals surface area contributed by atoms with Gasteiger partial charge in [-0.1, -0.05) is 20.8 Å². The Morgan fingerprint density at radius 1 is 1.56 bits per heavy atom. The van der Waals surface area contributed by atoms with Crippen LogP contribution in [0.15, 0.2) is 6.20 Å². The summed E-state index contributed by atoms with van der Waals surface area (Å²) in [5, 5.41) is 4.45. The first-order valence-corrected chi connectivity index (χ1v) is 6.21. The van der Waals surface area contributed by atoms with Crippen molar-refractivity contribution in [1.82, 2.24) is 9.78 Å². The van der Waals surface area contributed by atoms with E-state index in [9.17, 15) is 4.79 Å². The zero-order chi connectivity index (χ0) is 13.9. The highest BCUT2D eigenvalue weighted by molar-refractivity contribution is 5.75. The first-order chi connectivity index (χ1) is 8.25. The minimum absolute atomic E-state index is 0.0645. The summed E-state index contributed by atoms with van der Waals surface area (Å²) >= 11 is 0. The Bertz CT molecular complexity index is 418. The molecule has 0 aromatic carbocycles. The van der Waals surface area contributed by atoms with Gasteiger partial charge in [-0.3, -0.25) is 9.48 Å². The molecule has 5 heteroatoms. The summed E-state index contributed by atoms with van der Waals surface area (Å²) in [5.41, 5.74) is 7.76. The molecule has 1 heterocycles. The number of rotatable bonds is 4. The van der Waals surface area contributed by atoms with Crippen molar-refractivity contribution in [2.24, 2.45) is 12.8 Å². The van der Waals surface area contributed by atoms with Gasteiger partial charge in [0.2, 0.25) is 0 Å². The number of aryl methyl sites for hydroxylation is 1. The van der Waals surface area contributed by atoms with Crippen LogP contribution in [0.5, 0.6) is 0 Å². The second kappa shape index (κ2) is 5.52. The molecule has 102 valence electrons. The third-order valence-corrected chi connectivity index (χ3v) is 2.64. The number of carbonyl (C=O) groups is 1. The van der Waals surface area contributed by atoms with Gasteiger partial charge in [0.1, 0.15) is 6.04 Å². The van der Waals surface area contributed by atoms with Crippen LogP contribution >= 0.6 is 0 Å². The Kier molecular flexibility index (Phi) is 4.51. The first kappa shape index (κ1) is 14.7. The summed E-state index contributed by atoms with van der Waals surface area (Å²) in [5.74, 6) is -0.360. The Morgan fingerprint density at radius 2 is 2.17 bits per heavy atom. The van der Waals surface area contributed by atoms with E-state index in [0.717, 1.165) is 11.3 Å². The second-order valence-corrected chi connectivity index (χ2v) is 5.49. The lowest BCUT2D eigenvalue weighted by molar-refractivity contribution is -0.144. The number of nitrogens with zero attached hydrogens (tertiary/aromatic N) is 2. The molecule has 0 radical (unpaired) electrons. The van der Waals surface area contributed by atoms with Crippen LogP contribution in [0.2, 0.25) is 0 Å². The van der Waals surface area contributed by atoms with Crippen LogP contribution in [-0.2, 0) is 28.4 Å². The molecule has 0 saturated carbocycles. The van der Waals surface area contributed by atoms with Crippen LogP contribution in [0, 0.1) is 0 Å². The fourth-order valence-electron chi connectivity index (χ4n) is 1.89. The standard InChI is InChI=1S/C13H23N3O2/c1-6-18-12(17)10(14)7-9-8-16(5)15-11(9)13(2,3)4/h8,10H,6-7,14H2,1-5H3. The molecule has 0 bridgehead atoms. The lowest BCUT2D eigenvalue weighted by Crippen LogP contribution is -2.35. The van der Waals surface area contributed by atoms with Gasteiger partial charge >= 0.3 is 5.97 Å². The smallest absolute Gasteiger partial charge is 0.323 e. The van der Waals surface area contributed by atoms with Gasteiger partial charge in [-0.15, -0.1) is 0 Å². The van der Waals surface area contributed by atoms with Crippen LogP contribution in [0.4, 0.5) is 0 Å². The second-order valence-electron chi connectivity index (χ2n) is 5.49. The summed E-state index contributed by atoms with van der Waals surface area (Å²) in [6.45, 7) is 8.40. The monoisotopic (exact) mass is 253 g/mol. The molecule has 0 saturated heterocycles. The van der Waals surface area contributed by atoms with E-state index in [0.29, 0.717) is 13.0 Å². The van der Waals surface area contributed by atoms with Crippen molar-refractivity contribution in [3.63, 3.8) is 0 Å². The van der Waals surface area contributed by atoms with Gasteiger partial charge in [0.25, 0.3) is 0 Å². The number of esters is 1. The minimum Gasteiger partial charge on any atom is -0.465 e. The maximum absolute atomic E-state index is 11.5. The predicted molar refractivity (Wildman–Crippen MR) is 70.2 cm³/mol. The minimum atomic E-state index is -0.629. The largest absolute Gasteiger partial charge is 0.465 e.